The van der Waals surface area contributed by atoms with Crippen LogP contribution in [0.15, 0.2) is 15.8 Å². The smallest absolute Gasteiger partial charge is 0.330 e. The number of aryl methyl sites for hydroxylation is 1. The lowest BCUT2D eigenvalue weighted by Crippen LogP contribution is -2.40. The summed E-state index contributed by atoms with van der Waals surface area (Å²) in [5.74, 6) is 0. The van der Waals surface area contributed by atoms with Gasteiger partial charge in [0.1, 0.15) is 6.10 Å². The fourth-order valence-electron chi connectivity index (χ4n) is 2.36. The maximum Gasteiger partial charge on any atom is 0.330 e. The number of hydrogen-bond acceptors (Lipinski definition) is 7. The van der Waals surface area contributed by atoms with Crippen LogP contribution in [0.4, 0.5) is 0 Å². The minimum absolute atomic E-state index is 0.246. The largest absolute Gasteiger partial charge is 0.387 e. The van der Waals surface area contributed by atoms with Crippen LogP contribution < -0.4 is 11.2 Å². The number of ether oxygens (including phenoxy) is 1. The number of hydrogen-bond donors (Lipinski definition) is 2. The molecule has 0 saturated carbocycles. The second-order valence-electron chi connectivity index (χ2n) is 5.21. The van der Waals surface area contributed by atoms with Crippen molar-refractivity contribution in [2.45, 2.75) is 44.8 Å². The van der Waals surface area contributed by atoms with Crippen molar-refractivity contribution in [1.82, 2.24) is 9.55 Å². The van der Waals surface area contributed by atoms with E-state index in [1.807, 2.05) is 0 Å². The van der Waals surface area contributed by atoms with Crippen LogP contribution in [0.1, 0.15) is 25.1 Å². The normalized spacial score (nSPS) is 28.9. The van der Waals surface area contributed by atoms with Crippen molar-refractivity contribution in [2.75, 3.05) is 6.26 Å². The monoisotopic (exact) mass is 334 g/mol. The van der Waals surface area contributed by atoms with Crippen molar-refractivity contribution in [3.8, 4) is 0 Å². The van der Waals surface area contributed by atoms with E-state index in [0.29, 0.717) is 6.42 Å². The van der Waals surface area contributed by atoms with Crippen LogP contribution >= 0.6 is 0 Å². The molecule has 0 aliphatic carbocycles. The maximum absolute atomic E-state index is 11.9. The summed E-state index contributed by atoms with van der Waals surface area (Å²) in [6, 6.07) is 0. The van der Waals surface area contributed by atoms with Gasteiger partial charge in [0.05, 0.1) is 12.4 Å². The molecule has 10 heteroatoms. The molecular weight excluding hydrogens is 316 g/mol. The number of H-pyrrole nitrogens is 1. The zero-order chi connectivity index (χ0) is 16.7. The van der Waals surface area contributed by atoms with Gasteiger partial charge in [-0.3, -0.25) is 18.5 Å². The Morgan fingerprint density at radius 1 is 1.45 bits per heavy atom. The van der Waals surface area contributed by atoms with Crippen molar-refractivity contribution in [2.24, 2.45) is 0 Å². The van der Waals surface area contributed by atoms with Crippen LogP contribution in [0.5, 0.6) is 0 Å². The molecule has 1 aliphatic heterocycles. The van der Waals surface area contributed by atoms with Gasteiger partial charge >= 0.3 is 5.69 Å². The van der Waals surface area contributed by atoms with E-state index in [1.54, 1.807) is 6.92 Å². The molecule has 22 heavy (non-hydrogen) atoms. The van der Waals surface area contributed by atoms with Crippen molar-refractivity contribution >= 4 is 10.1 Å². The van der Waals surface area contributed by atoms with Gasteiger partial charge in [0, 0.05) is 11.8 Å². The summed E-state index contributed by atoms with van der Waals surface area (Å²) in [5, 5.41) is 10.2. The first-order chi connectivity index (χ1) is 10.1. The van der Waals surface area contributed by atoms with Gasteiger partial charge in [-0.05, 0) is 13.3 Å². The zero-order valence-corrected chi connectivity index (χ0v) is 13.2. The summed E-state index contributed by atoms with van der Waals surface area (Å²) in [6.07, 6.45) is -1.84. The molecule has 2 N–H and O–H groups in total. The number of aliphatic hydroxyl groups is 1. The topological polar surface area (TPSA) is 128 Å². The molecule has 0 aromatic carbocycles. The van der Waals surface area contributed by atoms with Crippen LogP contribution in [-0.2, 0) is 19.0 Å². The highest BCUT2D eigenvalue weighted by atomic mass is 32.2. The highest BCUT2D eigenvalue weighted by Crippen LogP contribution is 2.33. The summed E-state index contributed by atoms with van der Waals surface area (Å²) in [4.78, 5) is 25.4. The minimum atomic E-state index is -3.87. The molecule has 1 unspecified atom stereocenters. The third kappa shape index (κ3) is 3.29. The molecule has 124 valence electrons. The third-order valence-electron chi connectivity index (χ3n) is 3.42. The van der Waals surface area contributed by atoms with Gasteiger partial charge < -0.3 is 9.84 Å². The predicted molar refractivity (Wildman–Crippen MR) is 76.0 cm³/mol. The lowest BCUT2D eigenvalue weighted by Gasteiger charge is -2.21. The Morgan fingerprint density at radius 3 is 2.64 bits per heavy atom. The van der Waals surface area contributed by atoms with Gasteiger partial charge in [-0.25, -0.2) is 4.79 Å². The van der Waals surface area contributed by atoms with Crippen molar-refractivity contribution in [3.05, 3.63) is 32.6 Å². The quantitative estimate of drug-likeness (QED) is 0.666. The van der Waals surface area contributed by atoms with Crippen molar-refractivity contribution in [3.63, 3.8) is 0 Å². The van der Waals surface area contributed by atoms with E-state index in [2.05, 4.69) is 4.98 Å². The van der Waals surface area contributed by atoms with Crippen LogP contribution in [-0.4, -0.2) is 47.6 Å². The number of nitrogens with zero attached hydrogens (tertiary/aromatic N) is 1. The van der Waals surface area contributed by atoms with Gasteiger partial charge in [-0.2, -0.15) is 8.42 Å². The summed E-state index contributed by atoms with van der Waals surface area (Å²) >= 11 is 0. The second kappa shape index (κ2) is 5.95. The Hall–Kier alpha value is -1.49. The summed E-state index contributed by atoms with van der Waals surface area (Å²) < 4.78 is 34.2. The predicted octanol–water partition coefficient (Wildman–Crippen LogP) is -1.14. The Morgan fingerprint density at radius 2 is 2.09 bits per heavy atom. The van der Waals surface area contributed by atoms with E-state index >= 15 is 0 Å². The average molecular weight is 334 g/mol. The first kappa shape index (κ1) is 16.9. The van der Waals surface area contributed by atoms with E-state index < -0.39 is 45.9 Å². The zero-order valence-electron chi connectivity index (χ0n) is 12.3. The Balaban J connectivity index is 2.49. The molecule has 1 fully saturated rings. The minimum Gasteiger partial charge on any atom is -0.387 e. The third-order valence-corrected chi connectivity index (χ3v) is 3.99. The SMILES string of the molecule is CC[C@H]1O[C@@H](n2cc(C)c(=O)[nH]c2=O)C(OS(C)(=O)=O)[C@H]1O. The number of aliphatic hydroxyl groups excluding tert-OH is 1. The molecule has 9 nitrogen and oxygen atoms in total. The maximum atomic E-state index is 11.9. The standard InChI is InChI=1S/C12H18N2O7S/c1-4-7-8(15)9(21-22(3,18)19)11(20-7)14-5-6(2)10(16)13-12(14)17/h5,7-9,11,15H,4H2,1-3H3,(H,13,16,17)/t7-,8+,9?,11-/m1/s1. The van der Waals surface area contributed by atoms with Crippen LogP contribution in [0.25, 0.3) is 0 Å². The van der Waals surface area contributed by atoms with Gasteiger partial charge in [0.25, 0.3) is 15.7 Å². The molecule has 2 heterocycles. The summed E-state index contributed by atoms with van der Waals surface area (Å²) in [6.45, 7) is 3.23. The number of aromatic amines is 1. The Labute approximate surface area is 126 Å². The van der Waals surface area contributed by atoms with E-state index in [1.165, 1.54) is 13.1 Å². The molecule has 1 aromatic heterocycles. The summed E-state index contributed by atoms with van der Waals surface area (Å²) in [7, 11) is -3.87. The lowest BCUT2D eigenvalue weighted by molar-refractivity contribution is -0.0340. The summed E-state index contributed by atoms with van der Waals surface area (Å²) in [5.41, 5.74) is -1.07. The highest BCUT2D eigenvalue weighted by Gasteiger charge is 2.47. The molecule has 0 spiro atoms. The molecule has 0 amide bonds. The van der Waals surface area contributed by atoms with Crippen LogP contribution in [0, 0.1) is 6.92 Å². The van der Waals surface area contributed by atoms with Gasteiger partial charge in [0.15, 0.2) is 12.3 Å². The van der Waals surface area contributed by atoms with Gasteiger partial charge in [-0.15, -0.1) is 0 Å². The number of aromatic nitrogens is 2. The first-order valence-corrected chi connectivity index (χ1v) is 8.49. The second-order valence-corrected chi connectivity index (χ2v) is 6.81. The fourth-order valence-corrected chi connectivity index (χ4v) is 2.97. The molecule has 0 radical (unpaired) electrons. The van der Waals surface area contributed by atoms with Crippen molar-refractivity contribution in [1.29, 1.82) is 0 Å². The number of nitrogens with one attached hydrogen (secondary N) is 1. The van der Waals surface area contributed by atoms with Gasteiger partial charge in [0.2, 0.25) is 0 Å². The Bertz CT molecular complexity index is 766. The molecule has 0 bridgehead atoms. The van der Waals surface area contributed by atoms with Crippen LogP contribution in [0.2, 0.25) is 0 Å². The molecule has 1 aromatic rings. The molecule has 1 aliphatic rings. The number of rotatable bonds is 4. The van der Waals surface area contributed by atoms with E-state index in [4.69, 9.17) is 8.92 Å². The molecule has 1 saturated heterocycles. The highest BCUT2D eigenvalue weighted by molar-refractivity contribution is 7.86. The molecule has 4 atom stereocenters. The Kier molecular flexibility index (Phi) is 4.57. The lowest BCUT2D eigenvalue weighted by atomic mass is 10.1. The fraction of sp³-hybridized carbons (Fsp3) is 0.667. The van der Waals surface area contributed by atoms with Crippen molar-refractivity contribution < 1.29 is 22.4 Å². The van der Waals surface area contributed by atoms with Gasteiger partial charge in [-0.1, -0.05) is 6.92 Å². The molecular formula is C12H18N2O7S. The average Bonchev–Trinajstić information content (AvgIpc) is 2.69. The van der Waals surface area contributed by atoms with Crippen LogP contribution in [0.3, 0.4) is 0 Å². The van der Waals surface area contributed by atoms with E-state index in [0.717, 1.165) is 10.8 Å². The molecule has 2 rings (SSSR count). The van der Waals surface area contributed by atoms with E-state index in [9.17, 15) is 23.1 Å². The first-order valence-electron chi connectivity index (χ1n) is 6.68. The van der Waals surface area contributed by atoms with E-state index in [-0.39, 0.29) is 5.56 Å².